The number of aliphatic hydroxyl groups is 1. The fourth-order valence-electron chi connectivity index (χ4n) is 3.07. The molecule has 2 aromatic carbocycles. The van der Waals surface area contributed by atoms with Gasteiger partial charge in [0.1, 0.15) is 11.4 Å². The zero-order valence-corrected chi connectivity index (χ0v) is 17.7. The predicted octanol–water partition coefficient (Wildman–Crippen LogP) is 2.78. The molecule has 31 heavy (non-hydrogen) atoms. The van der Waals surface area contributed by atoms with E-state index >= 15 is 0 Å². The SMILES string of the molecule is Cc1cc(Nc2ncc(C(=O)O)c(NC(CO)c3ccccc3)n2)ccc1S(C)(=O)=O. The van der Waals surface area contributed by atoms with E-state index in [0.29, 0.717) is 11.3 Å². The molecule has 0 aliphatic heterocycles. The molecule has 1 aromatic heterocycles. The molecule has 0 aliphatic carbocycles. The van der Waals surface area contributed by atoms with Gasteiger partial charge in [-0.05, 0) is 36.2 Å². The van der Waals surface area contributed by atoms with Gasteiger partial charge in [0.05, 0.1) is 17.5 Å². The van der Waals surface area contributed by atoms with Gasteiger partial charge in [0, 0.05) is 18.1 Å². The van der Waals surface area contributed by atoms with Crippen LogP contribution in [0.2, 0.25) is 0 Å². The third-order valence-electron chi connectivity index (χ3n) is 4.55. The number of anilines is 3. The monoisotopic (exact) mass is 442 g/mol. The number of aryl methyl sites for hydroxylation is 1. The molecule has 1 unspecified atom stereocenters. The average Bonchev–Trinajstić information content (AvgIpc) is 2.71. The van der Waals surface area contributed by atoms with Crippen LogP contribution in [0.1, 0.15) is 27.5 Å². The van der Waals surface area contributed by atoms with Crippen LogP contribution in [0, 0.1) is 6.92 Å². The molecule has 3 aromatic rings. The maximum absolute atomic E-state index is 11.8. The highest BCUT2D eigenvalue weighted by atomic mass is 32.2. The van der Waals surface area contributed by atoms with Crippen LogP contribution in [0.3, 0.4) is 0 Å². The highest BCUT2D eigenvalue weighted by molar-refractivity contribution is 7.90. The van der Waals surface area contributed by atoms with Gasteiger partial charge in [0.15, 0.2) is 9.84 Å². The van der Waals surface area contributed by atoms with Crippen molar-refractivity contribution in [1.29, 1.82) is 0 Å². The van der Waals surface area contributed by atoms with Gasteiger partial charge in [0.2, 0.25) is 5.95 Å². The summed E-state index contributed by atoms with van der Waals surface area (Å²) in [6.45, 7) is 1.40. The Hall–Kier alpha value is -3.50. The van der Waals surface area contributed by atoms with Crippen molar-refractivity contribution < 1.29 is 23.4 Å². The third-order valence-corrected chi connectivity index (χ3v) is 5.80. The fourth-order valence-corrected chi connectivity index (χ4v) is 4.02. The Morgan fingerprint density at radius 1 is 1.16 bits per heavy atom. The first-order chi connectivity index (χ1) is 14.7. The zero-order valence-electron chi connectivity index (χ0n) is 16.9. The van der Waals surface area contributed by atoms with Gasteiger partial charge in [0.25, 0.3) is 0 Å². The number of aromatic nitrogens is 2. The second-order valence-corrected chi connectivity index (χ2v) is 8.91. The summed E-state index contributed by atoms with van der Waals surface area (Å²) in [7, 11) is -3.35. The van der Waals surface area contributed by atoms with Crippen LogP contribution in [0.15, 0.2) is 59.6 Å². The molecular formula is C21H22N4O5S. The minimum absolute atomic E-state index is 0.0392. The molecule has 162 valence electrons. The van der Waals surface area contributed by atoms with Crippen LogP contribution >= 0.6 is 0 Å². The minimum atomic E-state index is -3.35. The van der Waals surface area contributed by atoms with Crippen molar-refractivity contribution in [2.45, 2.75) is 17.9 Å². The van der Waals surface area contributed by atoms with Crippen LogP contribution in [0.25, 0.3) is 0 Å². The lowest BCUT2D eigenvalue weighted by molar-refractivity contribution is 0.0697. The normalized spacial score (nSPS) is 12.2. The van der Waals surface area contributed by atoms with E-state index < -0.39 is 21.8 Å². The van der Waals surface area contributed by atoms with Gasteiger partial charge in [-0.25, -0.2) is 18.2 Å². The van der Waals surface area contributed by atoms with E-state index in [1.165, 1.54) is 6.07 Å². The van der Waals surface area contributed by atoms with Gasteiger partial charge < -0.3 is 20.8 Å². The maximum Gasteiger partial charge on any atom is 0.341 e. The Kier molecular flexibility index (Phi) is 6.52. The zero-order chi connectivity index (χ0) is 22.6. The van der Waals surface area contributed by atoms with E-state index in [9.17, 15) is 23.4 Å². The number of carboxylic acids is 1. The first kappa shape index (κ1) is 22.2. The third kappa shape index (κ3) is 5.36. The molecule has 4 N–H and O–H groups in total. The number of carboxylic acid groups (broad SMARTS) is 1. The fraction of sp³-hybridized carbons (Fsp3) is 0.190. The topological polar surface area (TPSA) is 142 Å². The summed E-state index contributed by atoms with van der Waals surface area (Å²) < 4.78 is 23.6. The molecule has 0 bridgehead atoms. The molecular weight excluding hydrogens is 420 g/mol. The van der Waals surface area contributed by atoms with Crippen molar-refractivity contribution in [2.75, 3.05) is 23.5 Å². The molecule has 10 heteroatoms. The van der Waals surface area contributed by atoms with Gasteiger partial charge in [-0.1, -0.05) is 30.3 Å². The maximum atomic E-state index is 11.8. The highest BCUT2D eigenvalue weighted by Crippen LogP contribution is 2.25. The van der Waals surface area contributed by atoms with E-state index in [2.05, 4.69) is 20.6 Å². The Bertz CT molecular complexity index is 1200. The summed E-state index contributed by atoms with van der Waals surface area (Å²) in [6, 6.07) is 13.2. The number of aromatic carboxylic acids is 1. The van der Waals surface area contributed by atoms with Crippen LogP contribution < -0.4 is 10.6 Å². The second-order valence-electron chi connectivity index (χ2n) is 6.93. The Morgan fingerprint density at radius 2 is 1.87 bits per heavy atom. The van der Waals surface area contributed by atoms with E-state index in [1.807, 2.05) is 18.2 Å². The van der Waals surface area contributed by atoms with Crippen molar-refractivity contribution in [1.82, 2.24) is 9.97 Å². The summed E-state index contributed by atoms with van der Waals surface area (Å²) in [5.74, 6) is -1.06. The predicted molar refractivity (Wildman–Crippen MR) is 116 cm³/mol. The molecule has 1 atom stereocenters. The van der Waals surface area contributed by atoms with Crippen molar-refractivity contribution in [2.24, 2.45) is 0 Å². The van der Waals surface area contributed by atoms with Gasteiger partial charge in [-0.3, -0.25) is 0 Å². The molecule has 0 amide bonds. The van der Waals surface area contributed by atoms with E-state index in [1.54, 1.807) is 31.2 Å². The smallest absolute Gasteiger partial charge is 0.341 e. The lowest BCUT2D eigenvalue weighted by Gasteiger charge is -2.19. The highest BCUT2D eigenvalue weighted by Gasteiger charge is 2.19. The second kappa shape index (κ2) is 9.11. The molecule has 0 fully saturated rings. The van der Waals surface area contributed by atoms with Crippen LogP contribution in [-0.4, -0.2) is 47.4 Å². The number of nitrogens with zero attached hydrogens (tertiary/aromatic N) is 2. The number of nitrogens with one attached hydrogen (secondary N) is 2. The molecule has 3 rings (SSSR count). The van der Waals surface area contributed by atoms with Gasteiger partial charge in [-0.15, -0.1) is 0 Å². The Morgan fingerprint density at radius 3 is 2.45 bits per heavy atom. The molecule has 0 saturated heterocycles. The van der Waals surface area contributed by atoms with Gasteiger partial charge in [-0.2, -0.15) is 4.98 Å². The number of aliphatic hydroxyl groups excluding tert-OH is 1. The number of hydrogen-bond acceptors (Lipinski definition) is 8. The van der Waals surface area contributed by atoms with E-state index in [0.717, 1.165) is 18.0 Å². The standard InChI is InChI=1S/C21H22N4O5S/c1-13-10-15(8-9-18(13)31(2,29)30)23-21-22-11-16(20(27)28)19(25-21)24-17(12-26)14-6-4-3-5-7-14/h3-11,17,26H,12H2,1-2H3,(H,27,28)(H2,22,23,24,25). The summed E-state index contributed by atoms with van der Waals surface area (Å²) in [4.78, 5) is 20.1. The van der Waals surface area contributed by atoms with Crippen LogP contribution in [0.5, 0.6) is 0 Å². The van der Waals surface area contributed by atoms with Crippen molar-refractivity contribution >= 4 is 33.3 Å². The van der Waals surface area contributed by atoms with Crippen LogP contribution in [-0.2, 0) is 9.84 Å². The van der Waals surface area contributed by atoms with Crippen molar-refractivity contribution in [3.05, 3.63) is 71.4 Å². The number of sulfone groups is 1. The van der Waals surface area contributed by atoms with Crippen molar-refractivity contribution in [3.8, 4) is 0 Å². The average molecular weight is 442 g/mol. The summed E-state index contributed by atoms with van der Waals surface area (Å²) >= 11 is 0. The molecule has 0 aliphatic rings. The minimum Gasteiger partial charge on any atom is -0.477 e. The lowest BCUT2D eigenvalue weighted by atomic mass is 10.1. The summed E-state index contributed by atoms with van der Waals surface area (Å²) in [6.07, 6.45) is 2.30. The Balaban J connectivity index is 1.91. The molecule has 0 spiro atoms. The quantitative estimate of drug-likeness (QED) is 0.414. The number of carbonyl (C=O) groups is 1. The first-order valence-electron chi connectivity index (χ1n) is 9.29. The molecule has 1 heterocycles. The molecule has 0 saturated carbocycles. The van der Waals surface area contributed by atoms with E-state index in [-0.39, 0.29) is 28.8 Å². The van der Waals surface area contributed by atoms with Crippen LogP contribution in [0.4, 0.5) is 17.5 Å². The number of rotatable bonds is 8. The summed E-state index contributed by atoms with van der Waals surface area (Å²) in [5.41, 5.74) is 1.71. The Labute approximate surface area is 179 Å². The van der Waals surface area contributed by atoms with Crippen molar-refractivity contribution in [3.63, 3.8) is 0 Å². The first-order valence-corrected chi connectivity index (χ1v) is 11.2. The number of hydrogen-bond donors (Lipinski definition) is 4. The summed E-state index contributed by atoms with van der Waals surface area (Å²) in [5, 5.41) is 25.2. The van der Waals surface area contributed by atoms with E-state index in [4.69, 9.17) is 0 Å². The molecule has 0 radical (unpaired) electrons. The lowest BCUT2D eigenvalue weighted by Crippen LogP contribution is -2.18. The van der Waals surface area contributed by atoms with Gasteiger partial charge >= 0.3 is 5.97 Å². The molecule has 9 nitrogen and oxygen atoms in total. The largest absolute Gasteiger partial charge is 0.477 e. The number of benzene rings is 2.